The highest BCUT2D eigenvalue weighted by Gasteiger charge is 2.15. The maximum Gasteiger partial charge on any atom is 0.272 e. The Bertz CT molecular complexity index is 978. The molecule has 0 spiro atoms. The number of fused-ring (bicyclic) bond motifs is 1. The van der Waals surface area contributed by atoms with Gasteiger partial charge in [-0.1, -0.05) is 0 Å². The number of carbonyl (C=O) groups is 1. The van der Waals surface area contributed by atoms with Gasteiger partial charge in [-0.05, 0) is 39.0 Å². The van der Waals surface area contributed by atoms with Gasteiger partial charge in [0, 0.05) is 28.6 Å². The van der Waals surface area contributed by atoms with E-state index in [4.69, 9.17) is 0 Å². The fourth-order valence-electron chi connectivity index (χ4n) is 2.59. The van der Waals surface area contributed by atoms with Crippen LogP contribution in [0.4, 0.5) is 11.4 Å². The van der Waals surface area contributed by atoms with Crippen LogP contribution in [0.15, 0.2) is 36.7 Å². The second kappa shape index (κ2) is 6.31. The molecule has 1 aromatic carbocycles. The minimum Gasteiger partial charge on any atom is -0.321 e. The molecule has 0 bridgehead atoms. The van der Waals surface area contributed by atoms with Crippen LogP contribution in [0.3, 0.4) is 0 Å². The van der Waals surface area contributed by atoms with E-state index in [1.807, 2.05) is 13.8 Å². The van der Waals surface area contributed by atoms with Crippen LogP contribution >= 0.6 is 0 Å². The van der Waals surface area contributed by atoms with E-state index in [0.717, 1.165) is 11.0 Å². The number of benzene rings is 1. The first-order valence-corrected chi connectivity index (χ1v) is 7.76. The van der Waals surface area contributed by atoms with Gasteiger partial charge in [0.2, 0.25) is 0 Å². The largest absolute Gasteiger partial charge is 0.321 e. The van der Waals surface area contributed by atoms with Crippen LogP contribution < -0.4 is 5.32 Å². The lowest BCUT2D eigenvalue weighted by atomic mass is 10.1. The topological polar surface area (TPSA) is 103 Å². The van der Waals surface area contributed by atoms with Crippen molar-refractivity contribution in [2.75, 3.05) is 5.32 Å². The number of hydrogen-bond acceptors (Lipinski definition) is 5. The number of pyridine rings is 1. The monoisotopic (exact) mass is 339 g/mol. The second-order valence-corrected chi connectivity index (χ2v) is 6.03. The summed E-state index contributed by atoms with van der Waals surface area (Å²) >= 11 is 0. The third-order valence-corrected chi connectivity index (χ3v) is 3.84. The summed E-state index contributed by atoms with van der Waals surface area (Å²) in [5, 5.41) is 18.7. The molecule has 0 saturated heterocycles. The zero-order chi connectivity index (χ0) is 18.1. The molecule has 8 nitrogen and oxygen atoms in total. The van der Waals surface area contributed by atoms with Gasteiger partial charge in [-0.25, -0.2) is 9.67 Å². The molecule has 0 radical (unpaired) electrons. The van der Waals surface area contributed by atoms with E-state index in [0.29, 0.717) is 16.8 Å². The Morgan fingerprint density at radius 1 is 1.28 bits per heavy atom. The SMILES string of the molecule is Cc1cc(C(=O)Nc2cnc3c(cnn3C(C)C)c2)ccc1[N+](=O)[O-]. The maximum absolute atomic E-state index is 12.4. The van der Waals surface area contributed by atoms with Crippen molar-refractivity contribution in [3.8, 4) is 0 Å². The van der Waals surface area contributed by atoms with E-state index in [1.165, 1.54) is 18.2 Å². The molecule has 2 heterocycles. The number of nitro groups is 1. The first-order valence-electron chi connectivity index (χ1n) is 7.76. The van der Waals surface area contributed by atoms with E-state index >= 15 is 0 Å². The first kappa shape index (κ1) is 16.6. The summed E-state index contributed by atoms with van der Waals surface area (Å²) in [6, 6.07) is 6.25. The number of nitrogens with zero attached hydrogens (tertiary/aromatic N) is 4. The number of nitrogens with one attached hydrogen (secondary N) is 1. The summed E-state index contributed by atoms with van der Waals surface area (Å²) in [7, 11) is 0. The number of aryl methyl sites for hydroxylation is 1. The molecule has 25 heavy (non-hydrogen) atoms. The van der Waals surface area contributed by atoms with Gasteiger partial charge in [0.05, 0.1) is 23.0 Å². The number of rotatable bonds is 4. The quantitative estimate of drug-likeness (QED) is 0.579. The number of aromatic nitrogens is 3. The number of nitro benzene ring substituents is 1. The molecule has 0 fully saturated rings. The highest BCUT2D eigenvalue weighted by molar-refractivity contribution is 6.05. The average Bonchev–Trinajstić information content (AvgIpc) is 2.97. The Morgan fingerprint density at radius 3 is 2.68 bits per heavy atom. The van der Waals surface area contributed by atoms with Crippen molar-refractivity contribution in [3.63, 3.8) is 0 Å². The van der Waals surface area contributed by atoms with Crippen molar-refractivity contribution in [2.45, 2.75) is 26.8 Å². The molecular formula is C17H17N5O3. The van der Waals surface area contributed by atoms with E-state index in [9.17, 15) is 14.9 Å². The lowest BCUT2D eigenvalue weighted by Crippen LogP contribution is -2.12. The molecule has 0 saturated carbocycles. The summed E-state index contributed by atoms with van der Waals surface area (Å²) in [6.45, 7) is 5.63. The zero-order valence-corrected chi connectivity index (χ0v) is 14.1. The van der Waals surface area contributed by atoms with Crippen LogP contribution in [-0.2, 0) is 0 Å². The molecule has 1 N–H and O–H groups in total. The van der Waals surface area contributed by atoms with Gasteiger partial charge in [0.1, 0.15) is 0 Å². The van der Waals surface area contributed by atoms with E-state index in [1.54, 1.807) is 30.1 Å². The van der Waals surface area contributed by atoms with Crippen molar-refractivity contribution >= 4 is 28.3 Å². The summed E-state index contributed by atoms with van der Waals surface area (Å²) in [5.74, 6) is -0.351. The van der Waals surface area contributed by atoms with Gasteiger partial charge < -0.3 is 5.32 Å². The Labute approximate surface area is 143 Å². The van der Waals surface area contributed by atoms with E-state index in [2.05, 4.69) is 15.4 Å². The third-order valence-electron chi connectivity index (χ3n) is 3.84. The van der Waals surface area contributed by atoms with Crippen LogP contribution in [0.1, 0.15) is 35.8 Å². The molecule has 0 aliphatic heterocycles. The molecule has 3 rings (SSSR count). The first-order chi connectivity index (χ1) is 11.9. The lowest BCUT2D eigenvalue weighted by Gasteiger charge is -2.08. The van der Waals surface area contributed by atoms with E-state index < -0.39 is 4.92 Å². The molecule has 0 aliphatic carbocycles. The van der Waals surface area contributed by atoms with Crippen molar-refractivity contribution in [3.05, 3.63) is 57.9 Å². The van der Waals surface area contributed by atoms with Crippen molar-refractivity contribution in [2.24, 2.45) is 0 Å². The molecule has 128 valence electrons. The molecular weight excluding hydrogens is 322 g/mol. The molecule has 1 amide bonds. The minimum atomic E-state index is -0.471. The van der Waals surface area contributed by atoms with Gasteiger partial charge >= 0.3 is 0 Å². The molecule has 2 aromatic heterocycles. The van der Waals surface area contributed by atoms with Crippen molar-refractivity contribution in [1.29, 1.82) is 0 Å². The van der Waals surface area contributed by atoms with Gasteiger partial charge in [-0.15, -0.1) is 0 Å². The van der Waals surface area contributed by atoms with Crippen molar-refractivity contribution < 1.29 is 9.72 Å². The number of anilines is 1. The smallest absolute Gasteiger partial charge is 0.272 e. The fraction of sp³-hybridized carbons (Fsp3) is 0.235. The highest BCUT2D eigenvalue weighted by Crippen LogP contribution is 2.21. The Hall–Kier alpha value is -3.29. The Kier molecular flexibility index (Phi) is 4.18. The summed E-state index contributed by atoms with van der Waals surface area (Å²) in [5.41, 5.74) is 2.06. The van der Waals surface area contributed by atoms with Gasteiger partial charge in [0.25, 0.3) is 11.6 Å². The van der Waals surface area contributed by atoms with Crippen LogP contribution in [0.5, 0.6) is 0 Å². The standard InChI is InChI=1S/C17H17N5O3/c1-10(2)21-16-13(8-19-21)7-14(9-18-16)20-17(23)12-4-5-15(22(24)25)11(3)6-12/h4-10H,1-3H3,(H,20,23). The summed E-state index contributed by atoms with van der Waals surface area (Å²) in [6.07, 6.45) is 3.27. The Balaban J connectivity index is 1.84. The molecule has 0 atom stereocenters. The highest BCUT2D eigenvalue weighted by atomic mass is 16.6. The third kappa shape index (κ3) is 3.18. The molecule has 8 heteroatoms. The fourth-order valence-corrected chi connectivity index (χ4v) is 2.59. The maximum atomic E-state index is 12.4. The van der Waals surface area contributed by atoms with Gasteiger partial charge in [0.15, 0.2) is 5.65 Å². The summed E-state index contributed by atoms with van der Waals surface area (Å²) in [4.78, 5) is 27.1. The number of hydrogen-bond donors (Lipinski definition) is 1. The molecule has 3 aromatic rings. The number of carbonyl (C=O) groups excluding carboxylic acids is 1. The van der Waals surface area contributed by atoms with Crippen molar-refractivity contribution in [1.82, 2.24) is 14.8 Å². The predicted octanol–water partition coefficient (Wildman–Crippen LogP) is 3.48. The Morgan fingerprint density at radius 2 is 2.04 bits per heavy atom. The van der Waals surface area contributed by atoms with E-state index in [-0.39, 0.29) is 17.6 Å². The van der Waals surface area contributed by atoms with Crippen LogP contribution in [-0.4, -0.2) is 25.6 Å². The molecule has 0 aliphatic rings. The predicted molar refractivity (Wildman–Crippen MR) is 93.7 cm³/mol. The lowest BCUT2D eigenvalue weighted by molar-refractivity contribution is -0.385. The normalized spacial score (nSPS) is 11.0. The van der Waals surface area contributed by atoms with Crippen LogP contribution in [0.25, 0.3) is 11.0 Å². The minimum absolute atomic E-state index is 0.0132. The average molecular weight is 339 g/mol. The van der Waals surface area contributed by atoms with Gasteiger partial charge in [-0.3, -0.25) is 14.9 Å². The second-order valence-electron chi connectivity index (χ2n) is 6.03. The number of amides is 1. The zero-order valence-electron chi connectivity index (χ0n) is 14.1. The molecule has 0 unspecified atom stereocenters. The summed E-state index contributed by atoms with van der Waals surface area (Å²) < 4.78 is 1.81. The van der Waals surface area contributed by atoms with Crippen LogP contribution in [0.2, 0.25) is 0 Å². The van der Waals surface area contributed by atoms with Crippen LogP contribution in [0, 0.1) is 17.0 Å². The van der Waals surface area contributed by atoms with Gasteiger partial charge in [-0.2, -0.15) is 5.10 Å².